The predicted molar refractivity (Wildman–Crippen MR) is 85.5 cm³/mol. The summed E-state index contributed by atoms with van der Waals surface area (Å²) in [4.78, 5) is 4.79. The summed E-state index contributed by atoms with van der Waals surface area (Å²) in [5, 5.41) is 1.21. The molecule has 0 aliphatic rings. The summed E-state index contributed by atoms with van der Waals surface area (Å²) in [5.41, 5.74) is 9.39. The fourth-order valence-electron chi connectivity index (χ4n) is 2.95. The summed E-state index contributed by atoms with van der Waals surface area (Å²) < 4.78 is 0. The van der Waals surface area contributed by atoms with E-state index in [-0.39, 0.29) is 43.4 Å². The van der Waals surface area contributed by atoms with Crippen LogP contribution in [-0.4, -0.2) is 4.98 Å². The molecule has 121 valence electrons. The molecule has 0 unspecified atom stereocenters. The molecule has 4 heteroatoms. The van der Waals surface area contributed by atoms with Gasteiger partial charge < -0.3 is 24.8 Å². The number of para-hydroxylation sites is 1. The van der Waals surface area contributed by atoms with Crippen molar-refractivity contribution in [2.24, 2.45) is 0 Å². The summed E-state index contributed by atoms with van der Waals surface area (Å²) in [5.74, 6) is 0. The van der Waals surface area contributed by atoms with E-state index in [2.05, 4.69) is 58.0 Å². The summed E-state index contributed by atoms with van der Waals surface area (Å²) in [6.45, 7) is 8.89. The molecule has 1 radical (unpaired) electrons. The zero-order chi connectivity index (χ0) is 14.3. The van der Waals surface area contributed by atoms with Crippen molar-refractivity contribution < 1.29 is 43.4 Å². The maximum Gasteiger partial charge on any atom is 2.00 e. The number of fused-ring (bicyclic) bond motifs is 1. The quantitative estimate of drug-likeness (QED) is 0.506. The van der Waals surface area contributed by atoms with Gasteiger partial charge in [-0.05, 0) is 18.6 Å². The van der Waals surface area contributed by atoms with Crippen molar-refractivity contribution in [2.45, 2.75) is 34.1 Å². The SMILES string of the molecule is Cc1c(C)c(C)[c-](Cc2ccc3ccccc3n2)c1C.[Cl-].[Cl-].[V+2]. The van der Waals surface area contributed by atoms with E-state index in [1.165, 1.54) is 33.2 Å². The first-order valence-electron chi connectivity index (χ1n) is 7.14. The molecule has 0 aliphatic carbocycles. The number of nitrogens with zero attached hydrogens (tertiary/aromatic N) is 1. The Kier molecular flexibility index (Phi) is 8.52. The summed E-state index contributed by atoms with van der Waals surface area (Å²) in [7, 11) is 0. The van der Waals surface area contributed by atoms with Crippen LogP contribution in [0.1, 0.15) is 33.5 Å². The van der Waals surface area contributed by atoms with E-state index in [0.717, 1.165) is 17.6 Å². The molecule has 0 N–H and O–H groups in total. The Hall–Kier alpha value is -0.856. The molecule has 0 atom stereocenters. The Balaban J connectivity index is 0.00000161. The number of rotatable bonds is 2. The van der Waals surface area contributed by atoms with Crippen LogP contribution in [-0.2, 0) is 25.0 Å². The molecule has 1 nitrogen and oxygen atoms in total. The number of pyridine rings is 1. The molecule has 2 aromatic carbocycles. The normalized spacial score (nSPS) is 9.74. The zero-order valence-electron chi connectivity index (χ0n) is 13.8. The van der Waals surface area contributed by atoms with Gasteiger partial charge in [0.15, 0.2) is 0 Å². The Morgan fingerprint density at radius 3 is 2.00 bits per heavy atom. The third kappa shape index (κ3) is 4.16. The fourth-order valence-corrected chi connectivity index (χ4v) is 2.95. The Bertz CT molecular complexity index is 768. The summed E-state index contributed by atoms with van der Waals surface area (Å²) in [6, 6.07) is 12.6. The Morgan fingerprint density at radius 2 is 1.39 bits per heavy atom. The molecular weight excluding hydrogens is 364 g/mol. The predicted octanol–water partition coefficient (Wildman–Crippen LogP) is -1.22. The molecule has 1 heterocycles. The van der Waals surface area contributed by atoms with E-state index in [0.29, 0.717) is 0 Å². The van der Waals surface area contributed by atoms with Gasteiger partial charge >= 0.3 is 18.6 Å². The monoisotopic (exact) mass is 383 g/mol. The molecule has 0 aliphatic heterocycles. The van der Waals surface area contributed by atoms with Crippen LogP contribution in [0, 0.1) is 27.7 Å². The van der Waals surface area contributed by atoms with Crippen LogP contribution in [0.5, 0.6) is 0 Å². The number of benzene rings is 1. The van der Waals surface area contributed by atoms with E-state index in [4.69, 9.17) is 4.98 Å². The standard InChI is InChI=1S/C19H20N.2ClH.V/c1-12-13(2)15(4)18(14(12)3)11-17-10-9-16-7-5-6-8-19(16)20-17;;;/h5-10H,11H2,1-4H3;2*1H;/q-1;;;+2/p-2. The third-order valence-electron chi connectivity index (χ3n) is 4.61. The summed E-state index contributed by atoms with van der Waals surface area (Å²) in [6.07, 6.45) is 0.928. The second-order valence-corrected chi connectivity index (χ2v) is 5.65. The minimum absolute atomic E-state index is 0. The van der Waals surface area contributed by atoms with Crippen LogP contribution in [0.15, 0.2) is 36.4 Å². The maximum absolute atomic E-state index is 4.79. The molecular formula is C19H20Cl2NV-. The third-order valence-corrected chi connectivity index (χ3v) is 4.61. The topological polar surface area (TPSA) is 12.9 Å². The van der Waals surface area contributed by atoms with Gasteiger partial charge in [0.05, 0.1) is 5.52 Å². The van der Waals surface area contributed by atoms with E-state index < -0.39 is 0 Å². The van der Waals surface area contributed by atoms with Gasteiger partial charge in [0.25, 0.3) is 0 Å². The average Bonchev–Trinajstić information content (AvgIpc) is 2.65. The van der Waals surface area contributed by atoms with Crippen LogP contribution in [0.2, 0.25) is 0 Å². The van der Waals surface area contributed by atoms with E-state index in [1.54, 1.807) is 0 Å². The number of hydrogen-bond donors (Lipinski definition) is 0. The van der Waals surface area contributed by atoms with E-state index in [1.807, 2.05) is 6.07 Å². The average molecular weight is 384 g/mol. The van der Waals surface area contributed by atoms with Crippen molar-refractivity contribution in [2.75, 3.05) is 0 Å². The van der Waals surface area contributed by atoms with Gasteiger partial charge in [-0.1, -0.05) is 52.0 Å². The van der Waals surface area contributed by atoms with Crippen molar-refractivity contribution in [1.82, 2.24) is 4.98 Å². The molecule has 0 spiro atoms. The molecule has 3 aromatic rings. The van der Waals surface area contributed by atoms with Gasteiger partial charge in [-0.25, -0.2) is 0 Å². The molecule has 3 rings (SSSR count). The number of halogens is 2. The minimum atomic E-state index is 0. The van der Waals surface area contributed by atoms with Crippen molar-refractivity contribution in [3.63, 3.8) is 0 Å². The molecule has 0 bridgehead atoms. The van der Waals surface area contributed by atoms with Gasteiger partial charge in [0.1, 0.15) is 0 Å². The Labute approximate surface area is 163 Å². The number of hydrogen-bond acceptors (Lipinski definition) is 1. The number of aromatic nitrogens is 1. The van der Waals surface area contributed by atoms with Gasteiger partial charge in [-0.2, -0.15) is 22.3 Å². The molecule has 0 amide bonds. The molecule has 1 aromatic heterocycles. The van der Waals surface area contributed by atoms with Gasteiger partial charge in [-0.15, -0.1) is 5.56 Å². The van der Waals surface area contributed by atoms with Crippen molar-refractivity contribution >= 4 is 10.9 Å². The smallest absolute Gasteiger partial charge is 1.00 e. The van der Waals surface area contributed by atoms with Crippen molar-refractivity contribution in [3.05, 3.63) is 69.9 Å². The molecule has 0 saturated carbocycles. The largest absolute Gasteiger partial charge is 2.00 e. The second-order valence-electron chi connectivity index (χ2n) is 5.65. The zero-order valence-corrected chi connectivity index (χ0v) is 16.7. The van der Waals surface area contributed by atoms with Gasteiger partial charge in [0, 0.05) is 11.1 Å². The minimum Gasteiger partial charge on any atom is -1.00 e. The van der Waals surface area contributed by atoms with E-state index >= 15 is 0 Å². The Morgan fingerprint density at radius 1 is 0.826 bits per heavy atom. The van der Waals surface area contributed by atoms with Crippen LogP contribution in [0.25, 0.3) is 10.9 Å². The van der Waals surface area contributed by atoms with Crippen molar-refractivity contribution in [1.29, 1.82) is 0 Å². The van der Waals surface area contributed by atoms with Crippen LogP contribution in [0.3, 0.4) is 0 Å². The van der Waals surface area contributed by atoms with Gasteiger partial charge in [-0.3, -0.25) is 4.98 Å². The van der Waals surface area contributed by atoms with Gasteiger partial charge in [0.2, 0.25) is 0 Å². The fraction of sp³-hybridized carbons (Fsp3) is 0.263. The van der Waals surface area contributed by atoms with Crippen LogP contribution < -0.4 is 24.8 Å². The van der Waals surface area contributed by atoms with E-state index in [9.17, 15) is 0 Å². The van der Waals surface area contributed by atoms with Crippen molar-refractivity contribution in [3.8, 4) is 0 Å². The first kappa shape index (κ1) is 22.1. The van der Waals surface area contributed by atoms with Crippen LogP contribution in [0.4, 0.5) is 0 Å². The first-order chi connectivity index (χ1) is 9.58. The second kappa shape index (κ2) is 8.85. The molecule has 23 heavy (non-hydrogen) atoms. The van der Waals surface area contributed by atoms with Crippen LogP contribution >= 0.6 is 0 Å². The molecule has 0 fully saturated rings. The summed E-state index contributed by atoms with van der Waals surface area (Å²) >= 11 is 0. The molecule has 0 saturated heterocycles. The maximum atomic E-state index is 4.79. The first-order valence-corrected chi connectivity index (χ1v) is 7.14.